The first-order valence-corrected chi connectivity index (χ1v) is 19.0. The standard InChI is InChI=1S/C32H32ClFN8O12S2/c1-2-40-14-7-15(43)25(47)19(34)18(14)24(46)13(38-40)10-42(5-3-4-6-42)9-12-11-55-29-22(28(49)41(29)23(12)31(52)53)36-27(48)21(20-26(33)56-32(35)37-20)39-54-16(30(50)51)8-17(44)45/h7,16,22,29H,2-6,8-11H2,1H3,(H7-,35,36,37,38,39,43,44,45,46,47,48,50,51,52,53)/p+1/t16-,22+,29+/m0/s1. The van der Waals surface area contributed by atoms with Crippen molar-refractivity contribution in [2.24, 2.45) is 5.16 Å². The van der Waals surface area contributed by atoms with Gasteiger partial charge in [-0.1, -0.05) is 28.1 Å². The van der Waals surface area contributed by atoms with Crippen molar-refractivity contribution < 1.29 is 63.2 Å². The number of carboxylic acid groups (broad SMARTS) is 3. The highest BCUT2D eigenvalue weighted by Crippen LogP contribution is 2.42. The average molecular weight is 840 g/mol. The van der Waals surface area contributed by atoms with Crippen LogP contribution in [0.3, 0.4) is 0 Å². The van der Waals surface area contributed by atoms with Crippen molar-refractivity contribution in [1.29, 1.82) is 0 Å². The van der Waals surface area contributed by atoms with Gasteiger partial charge in [-0.25, -0.2) is 19.0 Å². The number of phenols is 2. The fourth-order valence-electron chi connectivity index (χ4n) is 6.98. The molecular weight excluding hydrogens is 807 g/mol. The Kier molecular flexibility index (Phi) is 11.1. The fourth-order valence-corrected chi connectivity index (χ4v) is 9.25. The SMILES string of the molecule is CCn1nc(C[N+]2(CC3=C(C(=O)O)N4C(=O)[C@@H](NC(=O)/C(=N\O[C@@H](CC(=O)O)C(=O)O)c5nc(N)sc5Cl)[C@H]4SC3)CCCC2)c(=O)c2c(F)c(O)c(O)cc21. The lowest BCUT2D eigenvalue weighted by Crippen LogP contribution is -2.71. The van der Waals surface area contributed by atoms with E-state index in [0.29, 0.717) is 31.5 Å². The summed E-state index contributed by atoms with van der Waals surface area (Å²) >= 11 is 8.07. The molecule has 56 heavy (non-hydrogen) atoms. The number of nitrogens with two attached hydrogens (primary N) is 1. The van der Waals surface area contributed by atoms with E-state index in [0.717, 1.165) is 34.1 Å². The van der Waals surface area contributed by atoms with Crippen LogP contribution >= 0.6 is 34.7 Å². The molecule has 3 aromatic rings. The number of fused-ring (bicyclic) bond motifs is 2. The summed E-state index contributed by atoms with van der Waals surface area (Å²) in [5, 5.41) is 57.8. The van der Waals surface area contributed by atoms with Gasteiger partial charge in [0.2, 0.25) is 11.5 Å². The van der Waals surface area contributed by atoms with Crippen LogP contribution in [0.25, 0.3) is 10.9 Å². The third-order valence-electron chi connectivity index (χ3n) is 9.52. The maximum Gasteiger partial charge on any atom is 0.352 e. The number of quaternary nitrogens is 1. The number of rotatable bonds is 14. The monoisotopic (exact) mass is 839 g/mol. The molecular formula is C32H33ClFN8O12S2+. The van der Waals surface area contributed by atoms with E-state index in [1.807, 2.05) is 0 Å². The van der Waals surface area contributed by atoms with Gasteiger partial charge in [-0.05, 0) is 6.92 Å². The summed E-state index contributed by atoms with van der Waals surface area (Å²) < 4.78 is 16.5. The summed E-state index contributed by atoms with van der Waals surface area (Å²) in [6, 6.07) is -0.259. The number of amides is 2. The first kappa shape index (κ1) is 40.2. The number of carbonyl (C=O) groups excluding carboxylic acids is 2. The number of aryl methyl sites for hydroxylation is 1. The number of oxime groups is 1. The number of halogens is 2. The van der Waals surface area contributed by atoms with Gasteiger partial charge in [-0.15, -0.1) is 11.8 Å². The molecule has 2 aromatic heterocycles. The largest absolute Gasteiger partial charge is 0.504 e. The molecule has 24 heteroatoms. The zero-order valence-electron chi connectivity index (χ0n) is 29.1. The van der Waals surface area contributed by atoms with Crippen molar-refractivity contribution >= 4 is 86.2 Å². The number of thioether (sulfide) groups is 1. The smallest absolute Gasteiger partial charge is 0.352 e. The van der Waals surface area contributed by atoms with Crippen LogP contribution in [0.15, 0.2) is 27.3 Å². The van der Waals surface area contributed by atoms with Crippen LogP contribution < -0.4 is 16.5 Å². The summed E-state index contributed by atoms with van der Waals surface area (Å²) in [5.74, 6) is -9.64. The molecule has 0 aliphatic carbocycles. The maximum atomic E-state index is 15.2. The van der Waals surface area contributed by atoms with E-state index in [9.17, 15) is 49.2 Å². The van der Waals surface area contributed by atoms with Crippen LogP contribution in [-0.4, -0.2) is 128 Å². The van der Waals surface area contributed by atoms with Crippen LogP contribution in [0.1, 0.15) is 37.6 Å². The molecule has 20 nitrogen and oxygen atoms in total. The van der Waals surface area contributed by atoms with E-state index in [-0.39, 0.29) is 61.9 Å². The predicted molar refractivity (Wildman–Crippen MR) is 195 cm³/mol. The topological polar surface area (TPSA) is 297 Å². The summed E-state index contributed by atoms with van der Waals surface area (Å²) in [5.41, 5.74) is 3.84. The molecule has 3 aliphatic heterocycles. The lowest BCUT2D eigenvalue weighted by atomic mass is 10.0. The Labute approximate surface area is 327 Å². The zero-order chi connectivity index (χ0) is 40.8. The Morgan fingerprint density at radius 3 is 2.46 bits per heavy atom. The Balaban J connectivity index is 1.27. The van der Waals surface area contributed by atoms with Gasteiger partial charge in [0, 0.05) is 36.8 Å². The molecule has 3 atom stereocenters. The number of phenolic OH excluding ortho intramolecular Hbond substituents is 2. The number of β-lactam (4-membered cyclic amide) rings is 1. The van der Waals surface area contributed by atoms with Crippen molar-refractivity contribution in [3.63, 3.8) is 0 Å². The lowest BCUT2D eigenvalue weighted by molar-refractivity contribution is -0.925. The summed E-state index contributed by atoms with van der Waals surface area (Å²) in [4.78, 5) is 86.1. The number of nitrogens with zero attached hydrogens (tertiary/aromatic N) is 6. The van der Waals surface area contributed by atoms with Crippen molar-refractivity contribution in [1.82, 2.24) is 25.0 Å². The first-order chi connectivity index (χ1) is 26.5. The highest BCUT2D eigenvalue weighted by atomic mass is 35.5. The number of nitrogens with one attached hydrogen (secondary N) is 1. The van der Waals surface area contributed by atoms with Crippen molar-refractivity contribution in [2.45, 2.75) is 56.8 Å². The van der Waals surface area contributed by atoms with Crippen LogP contribution in [0.2, 0.25) is 4.34 Å². The van der Waals surface area contributed by atoms with E-state index in [2.05, 4.69) is 20.6 Å². The highest BCUT2D eigenvalue weighted by Gasteiger charge is 2.55. The van der Waals surface area contributed by atoms with E-state index in [1.54, 1.807) is 6.92 Å². The van der Waals surface area contributed by atoms with Gasteiger partial charge < -0.3 is 45.9 Å². The number of hydrogen-bond donors (Lipinski definition) is 7. The zero-order valence-corrected chi connectivity index (χ0v) is 31.5. The quantitative estimate of drug-likeness (QED) is 0.0389. The molecule has 2 amide bonds. The second-order valence-corrected chi connectivity index (χ2v) is 15.9. The molecule has 298 valence electrons. The number of hydrogen-bond acceptors (Lipinski definition) is 15. The number of anilines is 1. The van der Waals surface area contributed by atoms with Crippen LogP contribution in [-0.2, 0) is 41.9 Å². The van der Waals surface area contributed by atoms with Gasteiger partial charge in [0.1, 0.15) is 40.2 Å². The van der Waals surface area contributed by atoms with Crippen molar-refractivity contribution in [2.75, 3.05) is 31.1 Å². The van der Waals surface area contributed by atoms with Crippen molar-refractivity contribution in [3.05, 3.63) is 49.1 Å². The molecule has 2 saturated heterocycles. The number of carboxylic acids is 3. The molecule has 8 N–H and O–H groups in total. The second kappa shape index (κ2) is 15.5. The van der Waals surface area contributed by atoms with Gasteiger partial charge in [0.05, 0.1) is 30.4 Å². The molecule has 5 heterocycles. The van der Waals surface area contributed by atoms with Crippen LogP contribution in [0.4, 0.5) is 9.52 Å². The number of carbonyl (C=O) groups is 5. The minimum Gasteiger partial charge on any atom is -0.504 e. The van der Waals surface area contributed by atoms with Crippen LogP contribution in [0.5, 0.6) is 11.5 Å². The van der Waals surface area contributed by atoms with Crippen molar-refractivity contribution in [3.8, 4) is 11.5 Å². The molecule has 6 rings (SSSR count). The predicted octanol–water partition coefficient (Wildman–Crippen LogP) is 0.857. The Morgan fingerprint density at radius 2 is 1.88 bits per heavy atom. The normalized spacial score (nSPS) is 19.7. The molecule has 3 aliphatic rings. The molecule has 0 radical (unpaired) electrons. The number of benzene rings is 1. The van der Waals surface area contributed by atoms with E-state index in [1.165, 1.54) is 4.68 Å². The highest BCUT2D eigenvalue weighted by molar-refractivity contribution is 8.00. The molecule has 0 saturated carbocycles. The number of thiazole rings is 1. The average Bonchev–Trinajstić information content (AvgIpc) is 3.74. The number of aromatic hydroxyl groups is 2. The van der Waals surface area contributed by atoms with E-state index in [4.69, 9.17) is 27.3 Å². The number of likely N-dealkylation sites (tertiary alicyclic amines) is 1. The Morgan fingerprint density at radius 1 is 1.18 bits per heavy atom. The Bertz CT molecular complexity index is 2310. The first-order valence-electron chi connectivity index (χ1n) is 16.8. The second-order valence-electron chi connectivity index (χ2n) is 13.1. The fraction of sp³-hybridized carbons (Fsp3) is 0.406. The maximum absolute atomic E-state index is 15.2. The van der Waals surface area contributed by atoms with Gasteiger partial charge in [-0.2, -0.15) is 5.10 Å². The van der Waals surface area contributed by atoms with E-state index < -0.39 is 87.5 Å². The van der Waals surface area contributed by atoms with Gasteiger partial charge >= 0.3 is 17.9 Å². The minimum absolute atomic E-state index is 0.0158. The summed E-state index contributed by atoms with van der Waals surface area (Å²) in [6.45, 7) is 2.92. The third-order valence-corrected chi connectivity index (χ3v) is 11.9. The summed E-state index contributed by atoms with van der Waals surface area (Å²) in [6.07, 6.45) is -1.61. The lowest BCUT2D eigenvalue weighted by Gasteiger charge is -2.50. The molecule has 0 spiro atoms. The van der Waals surface area contributed by atoms with Gasteiger partial charge in [0.25, 0.3) is 11.8 Å². The van der Waals surface area contributed by atoms with Gasteiger partial charge in [-0.3, -0.25) is 28.8 Å². The number of aliphatic carboxylic acids is 3. The third kappa shape index (κ3) is 7.41. The number of aromatic nitrogens is 3. The molecule has 0 bridgehead atoms. The summed E-state index contributed by atoms with van der Waals surface area (Å²) in [7, 11) is 0. The Hall–Kier alpha value is -5.52. The van der Waals surface area contributed by atoms with Crippen LogP contribution in [0, 0.1) is 5.82 Å². The molecule has 0 unspecified atom stereocenters. The van der Waals surface area contributed by atoms with Gasteiger partial charge in [0.15, 0.2) is 33.9 Å². The minimum atomic E-state index is -2.02. The molecule has 2 fully saturated rings. The number of nitrogen functional groups attached to an aromatic ring is 1. The van der Waals surface area contributed by atoms with E-state index >= 15 is 4.39 Å². The molecule has 1 aromatic carbocycles.